The van der Waals surface area contributed by atoms with Gasteiger partial charge in [0.15, 0.2) is 0 Å². The number of aryl methyl sites for hydroxylation is 2. The molecule has 1 aliphatic rings. The maximum absolute atomic E-state index is 15.0. The third kappa shape index (κ3) is 8.30. The SMILES string of the molecule is CCCS(=O)(=O)Nc1c(F)ccc2c(Oc3ncc(CC)cc3-c3ccnc(NC4CCCN(C(=O)OC(C)(C)C)C4)n3)c(C)ccc12. The van der Waals surface area contributed by atoms with E-state index in [9.17, 15) is 13.2 Å². The lowest BCUT2D eigenvalue weighted by Gasteiger charge is -2.34. The van der Waals surface area contributed by atoms with Crippen LogP contribution < -0.4 is 14.8 Å². The number of halogens is 1. The lowest BCUT2D eigenvalue weighted by Crippen LogP contribution is -2.47. The van der Waals surface area contributed by atoms with Crippen LogP contribution in [0.2, 0.25) is 0 Å². The summed E-state index contributed by atoms with van der Waals surface area (Å²) < 4.78 is 54.7. The van der Waals surface area contributed by atoms with Crippen LogP contribution in [0.3, 0.4) is 0 Å². The highest BCUT2D eigenvalue weighted by atomic mass is 32.2. The predicted octanol–water partition coefficient (Wildman–Crippen LogP) is 7.46. The minimum Gasteiger partial charge on any atom is -0.444 e. The van der Waals surface area contributed by atoms with Crippen LogP contribution in [-0.4, -0.2) is 64.8 Å². The molecule has 4 aromatic rings. The summed E-state index contributed by atoms with van der Waals surface area (Å²) in [5, 5.41) is 4.27. The molecule has 5 rings (SSSR count). The highest BCUT2D eigenvalue weighted by Crippen LogP contribution is 2.40. The van der Waals surface area contributed by atoms with E-state index in [0.29, 0.717) is 53.2 Å². The molecular formula is C35H43FN6O5S. The van der Waals surface area contributed by atoms with Crippen LogP contribution >= 0.6 is 0 Å². The van der Waals surface area contributed by atoms with Crippen LogP contribution in [0, 0.1) is 12.7 Å². The third-order valence-corrected chi connectivity index (χ3v) is 9.34. The zero-order valence-corrected chi connectivity index (χ0v) is 29.1. The van der Waals surface area contributed by atoms with Gasteiger partial charge in [-0.1, -0.05) is 26.0 Å². The summed E-state index contributed by atoms with van der Waals surface area (Å²) in [6.07, 6.45) is 5.82. The first-order valence-electron chi connectivity index (χ1n) is 16.2. The number of ether oxygens (including phenoxy) is 2. The maximum atomic E-state index is 15.0. The lowest BCUT2D eigenvalue weighted by molar-refractivity contribution is 0.0206. The number of pyridine rings is 1. The molecule has 1 fully saturated rings. The van der Waals surface area contributed by atoms with Crippen molar-refractivity contribution in [2.24, 2.45) is 0 Å². The van der Waals surface area contributed by atoms with Gasteiger partial charge in [-0.2, -0.15) is 0 Å². The van der Waals surface area contributed by atoms with Crippen molar-refractivity contribution in [3.63, 3.8) is 0 Å². The molecule has 1 unspecified atom stereocenters. The molecule has 0 bridgehead atoms. The van der Waals surface area contributed by atoms with Crippen molar-refractivity contribution in [2.45, 2.75) is 78.9 Å². The van der Waals surface area contributed by atoms with Crippen molar-refractivity contribution in [2.75, 3.05) is 28.9 Å². The van der Waals surface area contributed by atoms with Crippen LogP contribution in [-0.2, 0) is 21.2 Å². The lowest BCUT2D eigenvalue weighted by atomic mass is 10.0. The van der Waals surface area contributed by atoms with E-state index in [2.05, 4.69) is 20.0 Å². The number of hydrogen-bond donors (Lipinski definition) is 2. The van der Waals surface area contributed by atoms with E-state index in [1.165, 1.54) is 6.07 Å². The molecule has 2 N–H and O–H groups in total. The second-order valence-electron chi connectivity index (χ2n) is 13.0. The van der Waals surface area contributed by atoms with Gasteiger partial charge < -0.3 is 19.7 Å². The Morgan fingerprint density at radius 3 is 2.60 bits per heavy atom. The summed E-state index contributed by atoms with van der Waals surface area (Å²) in [7, 11) is -3.75. The number of hydrogen-bond acceptors (Lipinski definition) is 9. The maximum Gasteiger partial charge on any atom is 0.410 e. The van der Waals surface area contributed by atoms with Crippen molar-refractivity contribution < 1.29 is 27.1 Å². The number of anilines is 2. The number of carbonyl (C=O) groups excluding carboxylic acids is 1. The molecule has 48 heavy (non-hydrogen) atoms. The standard InChI is InChI=1S/C35H43FN6O5S/c1-7-18-48(44,45)41-30-25-12-11-22(3)31(26(25)13-14-28(30)36)46-32-27(19-23(8-2)20-38-32)29-15-16-37-33(40-29)39-24-10-9-17-42(21-24)34(43)47-35(4,5)6/h11-16,19-20,24,41H,7-10,17-18,21H2,1-6H3,(H,37,39,40). The number of nitrogens with one attached hydrogen (secondary N) is 2. The van der Waals surface area contributed by atoms with E-state index in [0.717, 1.165) is 30.4 Å². The topological polar surface area (TPSA) is 136 Å². The van der Waals surface area contributed by atoms with E-state index >= 15 is 4.39 Å². The van der Waals surface area contributed by atoms with Gasteiger partial charge >= 0.3 is 6.09 Å². The van der Waals surface area contributed by atoms with Crippen LogP contribution in [0.15, 0.2) is 48.8 Å². The summed E-state index contributed by atoms with van der Waals surface area (Å²) >= 11 is 0. The molecule has 2 aromatic heterocycles. The van der Waals surface area contributed by atoms with Crippen LogP contribution in [0.5, 0.6) is 11.6 Å². The van der Waals surface area contributed by atoms with Crippen LogP contribution in [0.1, 0.15) is 65.0 Å². The quantitative estimate of drug-likeness (QED) is 0.175. The number of aromatic nitrogens is 3. The van der Waals surface area contributed by atoms with Crippen molar-refractivity contribution >= 4 is 38.5 Å². The number of sulfonamides is 1. The fourth-order valence-corrected chi connectivity index (χ4v) is 6.73. The first-order valence-corrected chi connectivity index (χ1v) is 17.9. The summed E-state index contributed by atoms with van der Waals surface area (Å²) in [6, 6.07) is 9.90. The molecule has 1 saturated heterocycles. The molecule has 256 valence electrons. The highest BCUT2D eigenvalue weighted by molar-refractivity contribution is 7.92. The molecule has 0 aliphatic carbocycles. The van der Waals surface area contributed by atoms with Crippen molar-refractivity contribution in [3.05, 3.63) is 65.7 Å². The second-order valence-corrected chi connectivity index (χ2v) is 14.8. The van der Waals surface area contributed by atoms with E-state index in [-0.39, 0.29) is 29.5 Å². The minimum atomic E-state index is -3.75. The Kier molecular flexibility index (Phi) is 10.4. The van der Waals surface area contributed by atoms with E-state index in [1.54, 1.807) is 48.5 Å². The van der Waals surface area contributed by atoms with Gasteiger partial charge in [-0.25, -0.2) is 32.6 Å². The smallest absolute Gasteiger partial charge is 0.410 e. The molecule has 0 radical (unpaired) electrons. The molecule has 0 saturated carbocycles. The Balaban J connectivity index is 1.46. The van der Waals surface area contributed by atoms with Gasteiger partial charge in [-0.05, 0) is 88.8 Å². The Labute approximate surface area is 281 Å². The number of piperidine rings is 1. The number of amides is 1. The fraction of sp³-hybridized carbons (Fsp3) is 0.429. The Morgan fingerprint density at radius 1 is 1.10 bits per heavy atom. The van der Waals surface area contributed by atoms with Gasteiger partial charge in [0.05, 0.1) is 22.7 Å². The monoisotopic (exact) mass is 678 g/mol. The first kappa shape index (κ1) is 34.8. The summed E-state index contributed by atoms with van der Waals surface area (Å²) in [5.74, 6) is 0.276. The van der Waals surface area contributed by atoms with E-state index < -0.39 is 21.4 Å². The summed E-state index contributed by atoms with van der Waals surface area (Å²) in [6.45, 7) is 12.3. The van der Waals surface area contributed by atoms with Gasteiger partial charge in [0, 0.05) is 42.3 Å². The number of likely N-dealkylation sites (tertiary alicyclic amines) is 1. The van der Waals surface area contributed by atoms with Crippen molar-refractivity contribution in [1.82, 2.24) is 19.9 Å². The Morgan fingerprint density at radius 2 is 1.88 bits per heavy atom. The molecule has 3 heterocycles. The second kappa shape index (κ2) is 14.3. The van der Waals surface area contributed by atoms with Crippen LogP contribution in [0.4, 0.5) is 20.8 Å². The van der Waals surface area contributed by atoms with Gasteiger partial charge in [0.1, 0.15) is 17.2 Å². The van der Waals surface area contributed by atoms with Gasteiger partial charge in [-0.3, -0.25) is 4.72 Å². The van der Waals surface area contributed by atoms with E-state index in [1.807, 2.05) is 40.7 Å². The average molecular weight is 679 g/mol. The first-order chi connectivity index (χ1) is 22.8. The fourth-order valence-electron chi connectivity index (χ4n) is 5.57. The molecule has 1 amide bonds. The largest absolute Gasteiger partial charge is 0.444 e. The summed E-state index contributed by atoms with van der Waals surface area (Å²) in [4.78, 5) is 28.3. The number of nitrogens with zero attached hydrogens (tertiary/aromatic N) is 4. The van der Waals surface area contributed by atoms with Crippen molar-refractivity contribution in [1.29, 1.82) is 0 Å². The third-order valence-electron chi connectivity index (χ3n) is 7.88. The van der Waals surface area contributed by atoms with E-state index in [4.69, 9.17) is 14.5 Å². The molecule has 13 heteroatoms. The number of benzene rings is 2. The Bertz CT molecular complexity index is 1910. The number of carbonyl (C=O) groups is 1. The Hall–Kier alpha value is -4.52. The minimum absolute atomic E-state index is 0.0694. The molecule has 1 atom stereocenters. The zero-order chi connectivity index (χ0) is 34.6. The summed E-state index contributed by atoms with van der Waals surface area (Å²) in [5.41, 5.74) is 2.21. The highest BCUT2D eigenvalue weighted by Gasteiger charge is 2.28. The molecule has 2 aromatic carbocycles. The number of fused-ring (bicyclic) bond motifs is 1. The molecular weight excluding hydrogens is 635 g/mol. The van der Waals surface area contributed by atoms with Gasteiger partial charge in [0.25, 0.3) is 0 Å². The van der Waals surface area contributed by atoms with Gasteiger partial charge in [0.2, 0.25) is 21.9 Å². The number of rotatable bonds is 10. The molecule has 0 spiro atoms. The van der Waals surface area contributed by atoms with Crippen LogP contribution in [0.25, 0.3) is 22.0 Å². The zero-order valence-electron chi connectivity index (χ0n) is 28.3. The van der Waals surface area contributed by atoms with Crippen molar-refractivity contribution in [3.8, 4) is 22.9 Å². The predicted molar refractivity (Wildman–Crippen MR) is 186 cm³/mol. The molecule has 1 aliphatic heterocycles. The van der Waals surface area contributed by atoms with Gasteiger partial charge in [-0.15, -0.1) is 0 Å². The normalized spacial score (nSPS) is 15.3. The molecule has 11 nitrogen and oxygen atoms in total. The average Bonchev–Trinajstić information content (AvgIpc) is 3.03.